The molecule has 21 heavy (non-hydrogen) atoms. The van der Waals surface area contributed by atoms with Crippen LogP contribution in [-0.4, -0.2) is 12.6 Å². The number of nitrogens with two attached hydrogens (primary N) is 1. The maximum Gasteiger partial charge on any atom is 0.328 e. The van der Waals surface area contributed by atoms with Crippen LogP contribution in [0.15, 0.2) is 0 Å². The molecule has 0 fully saturated rings. The fraction of sp³-hybridized carbons (Fsp3) is 0.941. The Morgan fingerprint density at radius 1 is 0.714 bits per heavy atom. The third-order valence-corrected chi connectivity index (χ3v) is 3.95. The number of amides is 2. The van der Waals surface area contributed by atoms with Gasteiger partial charge in [0.1, 0.15) is 0 Å². The summed E-state index contributed by atoms with van der Waals surface area (Å²) in [6.07, 6.45) is 18.9. The van der Waals surface area contributed by atoms with Gasteiger partial charge in [-0.15, -0.1) is 0 Å². The standard InChI is InChI=1S/C17H37N3O/c1-2-3-4-5-6-7-8-9-10-11-12-13-14-15-16-19-17(21)20-18/h2-16,18H2,1H3,(H2,19,20,21). The van der Waals surface area contributed by atoms with Gasteiger partial charge in [0.15, 0.2) is 0 Å². The predicted molar refractivity (Wildman–Crippen MR) is 91.0 cm³/mol. The molecule has 0 spiro atoms. The molecular formula is C17H37N3O. The van der Waals surface area contributed by atoms with E-state index in [-0.39, 0.29) is 6.03 Å². The summed E-state index contributed by atoms with van der Waals surface area (Å²) in [5.41, 5.74) is 2.06. The first-order valence-electron chi connectivity index (χ1n) is 9.05. The fourth-order valence-corrected chi connectivity index (χ4v) is 2.57. The van der Waals surface area contributed by atoms with Crippen LogP contribution in [0.25, 0.3) is 0 Å². The molecule has 0 aromatic heterocycles. The van der Waals surface area contributed by atoms with Gasteiger partial charge in [0, 0.05) is 6.54 Å². The van der Waals surface area contributed by atoms with Gasteiger partial charge >= 0.3 is 6.03 Å². The van der Waals surface area contributed by atoms with Crippen molar-refractivity contribution in [1.29, 1.82) is 0 Å². The topological polar surface area (TPSA) is 67.2 Å². The lowest BCUT2D eigenvalue weighted by molar-refractivity contribution is 0.241. The number of urea groups is 1. The van der Waals surface area contributed by atoms with Crippen LogP contribution in [-0.2, 0) is 0 Å². The van der Waals surface area contributed by atoms with E-state index in [1.165, 1.54) is 83.5 Å². The smallest absolute Gasteiger partial charge is 0.328 e. The van der Waals surface area contributed by atoms with Crippen LogP contribution >= 0.6 is 0 Å². The lowest BCUT2D eigenvalue weighted by Crippen LogP contribution is -2.40. The van der Waals surface area contributed by atoms with Gasteiger partial charge in [-0.25, -0.2) is 10.6 Å². The van der Waals surface area contributed by atoms with Crippen LogP contribution in [0, 0.1) is 0 Å². The van der Waals surface area contributed by atoms with E-state index in [1.807, 2.05) is 0 Å². The molecule has 0 atom stereocenters. The number of hydrogen-bond acceptors (Lipinski definition) is 2. The number of unbranched alkanes of at least 4 members (excludes halogenated alkanes) is 13. The molecule has 0 aromatic rings. The van der Waals surface area contributed by atoms with Crippen molar-refractivity contribution >= 4 is 6.03 Å². The van der Waals surface area contributed by atoms with E-state index in [0.29, 0.717) is 0 Å². The molecule has 0 radical (unpaired) electrons. The van der Waals surface area contributed by atoms with Crippen LogP contribution in [0.1, 0.15) is 96.8 Å². The molecular weight excluding hydrogens is 262 g/mol. The molecule has 4 heteroatoms. The van der Waals surface area contributed by atoms with Crippen molar-refractivity contribution in [2.45, 2.75) is 96.8 Å². The summed E-state index contributed by atoms with van der Waals surface area (Å²) < 4.78 is 0. The zero-order valence-corrected chi connectivity index (χ0v) is 14.1. The highest BCUT2D eigenvalue weighted by Crippen LogP contribution is 2.12. The lowest BCUT2D eigenvalue weighted by atomic mass is 10.0. The van der Waals surface area contributed by atoms with Crippen LogP contribution in [0.3, 0.4) is 0 Å². The Morgan fingerprint density at radius 3 is 1.48 bits per heavy atom. The SMILES string of the molecule is CCCCCCCCCCCCCCCCNC(=O)NN. The summed E-state index contributed by atoms with van der Waals surface area (Å²) in [6, 6.07) is -0.287. The van der Waals surface area contributed by atoms with Gasteiger partial charge in [-0.1, -0.05) is 90.4 Å². The van der Waals surface area contributed by atoms with Crippen LogP contribution in [0.5, 0.6) is 0 Å². The number of hydrazine groups is 1. The van der Waals surface area contributed by atoms with Gasteiger partial charge in [-0.2, -0.15) is 0 Å². The number of hydrogen-bond donors (Lipinski definition) is 3. The van der Waals surface area contributed by atoms with Crippen LogP contribution in [0.4, 0.5) is 4.79 Å². The minimum Gasteiger partial charge on any atom is -0.337 e. The van der Waals surface area contributed by atoms with Crippen molar-refractivity contribution in [3.05, 3.63) is 0 Å². The normalized spacial score (nSPS) is 10.6. The summed E-state index contributed by atoms with van der Waals surface area (Å²) in [4.78, 5) is 10.8. The first kappa shape index (κ1) is 20.2. The number of rotatable bonds is 15. The second kappa shape index (κ2) is 17.3. The summed E-state index contributed by atoms with van der Waals surface area (Å²) >= 11 is 0. The summed E-state index contributed by atoms with van der Waals surface area (Å²) in [6.45, 7) is 2.99. The molecule has 0 saturated heterocycles. The molecule has 0 rings (SSSR count). The zero-order valence-electron chi connectivity index (χ0n) is 14.1. The van der Waals surface area contributed by atoms with E-state index < -0.39 is 0 Å². The molecule has 0 bridgehead atoms. The van der Waals surface area contributed by atoms with Crippen molar-refractivity contribution < 1.29 is 4.79 Å². The number of carbonyl (C=O) groups is 1. The highest BCUT2D eigenvalue weighted by molar-refractivity contribution is 5.72. The van der Waals surface area contributed by atoms with Gasteiger partial charge in [0.2, 0.25) is 0 Å². The van der Waals surface area contributed by atoms with E-state index >= 15 is 0 Å². The Kier molecular flexibility index (Phi) is 16.6. The van der Waals surface area contributed by atoms with Gasteiger partial charge in [0.25, 0.3) is 0 Å². The Morgan fingerprint density at radius 2 is 1.10 bits per heavy atom. The quantitative estimate of drug-likeness (QED) is 0.178. The molecule has 0 aromatic carbocycles. The lowest BCUT2D eigenvalue weighted by Gasteiger charge is -2.04. The van der Waals surface area contributed by atoms with Crippen molar-refractivity contribution in [2.24, 2.45) is 5.84 Å². The molecule has 0 saturated carbocycles. The van der Waals surface area contributed by atoms with Crippen molar-refractivity contribution in [3.8, 4) is 0 Å². The first-order chi connectivity index (χ1) is 10.3. The third kappa shape index (κ3) is 17.2. The van der Waals surface area contributed by atoms with Crippen molar-refractivity contribution in [1.82, 2.24) is 10.7 Å². The maximum atomic E-state index is 10.8. The Labute approximate surface area is 131 Å². The number of carbonyl (C=O) groups excluding carboxylic acids is 1. The summed E-state index contributed by atoms with van der Waals surface area (Å²) in [7, 11) is 0. The minimum absolute atomic E-state index is 0.287. The molecule has 0 heterocycles. The Balaban J connectivity index is 2.98. The highest BCUT2D eigenvalue weighted by atomic mass is 16.2. The van der Waals surface area contributed by atoms with E-state index in [1.54, 1.807) is 0 Å². The molecule has 0 aliphatic heterocycles. The molecule has 2 amide bonds. The zero-order chi connectivity index (χ0) is 15.6. The molecule has 4 N–H and O–H groups in total. The maximum absolute atomic E-state index is 10.8. The summed E-state index contributed by atoms with van der Waals surface area (Å²) in [5, 5.41) is 2.70. The van der Waals surface area contributed by atoms with E-state index in [0.717, 1.165) is 13.0 Å². The first-order valence-corrected chi connectivity index (χ1v) is 9.05. The van der Waals surface area contributed by atoms with Gasteiger partial charge in [0.05, 0.1) is 0 Å². The Bertz CT molecular complexity index is 222. The van der Waals surface area contributed by atoms with Crippen LogP contribution in [0.2, 0.25) is 0 Å². The molecule has 0 aliphatic rings. The van der Waals surface area contributed by atoms with Crippen molar-refractivity contribution in [3.63, 3.8) is 0 Å². The number of nitrogens with one attached hydrogen (secondary N) is 2. The van der Waals surface area contributed by atoms with E-state index in [9.17, 15) is 4.79 Å². The predicted octanol–water partition coefficient (Wildman–Crippen LogP) is 4.64. The second-order valence-electron chi connectivity index (χ2n) is 6.00. The van der Waals surface area contributed by atoms with Gasteiger partial charge < -0.3 is 5.32 Å². The Hall–Kier alpha value is -0.770. The second-order valence-corrected chi connectivity index (χ2v) is 6.00. The van der Waals surface area contributed by atoms with E-state index in [2.05, 4.69) is 17.7 Å². The fourth-order valence-electron chi connectivity index (χ4n) is 2.57. The molecule has 0 unspecified atom stereocenters. The highest BCUT2D eigenvalue weighted by Gasteiger charge is 1.96. The largest absolute Gasteiger partial charge is 0.337 e. The minimum atomic E-state index is -0.287. The van der Waals surface area contributed by atoms with Crippen molar-refractivity contribution in [2.75, 3.05) is 6.54 Å². The van der Waals surface area contributed by atoms with Crippen LogP contribution < -0.4 is 16.6 Å². The molecule has 126 valence electrons. The monoisotopic (exact) mass is 299 g/mol. The van der Waals surface area contributed by atoms with E-state index in [4.69, 9.17) is 5.84 Å². The average molecular weight is 300 g/mol. The third-order valence-electron chi connectivity index (χ3n) is 3.95. The van der Waals surface area contributed by atoms with Gasteiger partial charge in [-0.3, -0.25) is 5.43 Å². The average Bonchev–Trinajstić information content (AvgIpc) is 2.50. The molecule has 4 nitrogen and oxygen atoms in total. The van der Waals surface area contributed by atoms with Gasteiger partial charge in [-0.05, 0) is 6.42 Å². The summed E-state index contributed by atoms with van der Waals surface area (Å²) in [5.74, 6) is 4.97. The molecule has 0 aliphatic carbocycles.